The van der Waals surface area contributed by atoms with E-state index in [1.165, 1.54) is 13.1 Å². The number of aromatic nitrogens is 2. The highest BCUT2D eigenvalue weighted by Crippen LogP contribution is 2.28. The Bertz CT molecular complexity index is 1250. The van der Waals surface area contributed by atoms with Crippen LogP contribution in [0.2, 0.25) is 0 Å². The van der Waals surface area contributed by atoms with Gasteiger partial charge in [-0.3, -0.25) is 14.2 Å². The summed E-state index contributed by atoms with van der Waals surface area (Å²) in [6, 6.07) is 13.2. The van der Waals surface area contributed by atoms with Crippen molar-refractivity contribution in [1.82, 2.24) is 9.55 Å². The molecule has 1 fully saturated rings. The maximum absolute atomic E-state index is 12.9. The number of hydrogen-bond donors (Lipinski definition) is 4. The Balaban J connectivity index is 1.62. The van der Waals surface area contributed by atoms with Gasteiger partial charge in [0.05, 0.1) is 19.1 Å². The zero-order valence-corrected chi connectivity index (χ0v) is 17.9. The third-order valence-corrected chi connectivity index (χ3v) is 5.43. The maximum Gasteiger partial charge on any atom is 0.351 e. The second-order valence-electron chi connectivity index (χ2n) is 7.85. The van der Waals surface area contributed by atoms with Gasteiger partial charge in [-0.15, -0.1) is 0 Å². The van der Waals surface area contributed by atoms with Crippen molar-refractivity contribution in [2.75, 3.05) is 17.2 Å². The van der Waals surface area contributed by atoms with E-state index in [0.29, 0.717) is 11.3 Å². The first kappa shape index (κ1) is 22.6. The molecule has 172 valence electrons. The summed E-state index contributed by atoms with van der Waals surface area (Å²) >= 11 is 0. The quantitative estimate of drug-likeness (QED) is 0.440. The van der Waals surface area contributed by atoms with Crippen LogP contribution in [-0.4, -0.2) is 50.4 Å². The van der Waals surface area contributed by atoms with Crippen LogP contribution in [0.15, 0.2) is 53.5 Å². The minimum atomic E-state index is -0.944. The van der Waals surface area contributed by atoms with Crippen molar-refractivity contribution in [3.8, 4) is 0 Å². The number of benzene rings is 2. The van der Waals surface area contributed by atoms with Crippen LogP contribution in [-0.2, 0) is 20.7 Å². The SMILES string of the molecule is CC(=O)Nc1nc(=O)n([C@H]2CC(O)[C@@H](CO)O2)cc1CC(=O)Nc1cccc2ccccc12. The van der Waals surface area contributed by atoms with Gasteiger partial charge in [-0.05, 0) is 11.5 Å². The fourth-order valence-electron chi connectivity index (χ4n) is 3.87. The Morgan fingerprint density at radius 1 is 1.18 bits per heavy atom. The Labute approximate surface area is 188 Å². The lowest BCUT2D eigenvalue weighted by atomic mass is 10.1. The number of nitrogens with one attached hydrogen (secondary N) is 2. The number of fused-ring (bicyclic) bond motifs is 1. The Hall–Kier alpha value is -3.60. The summed E-state index contributed by atoms with van der Waals surface area (Å²) in [6.07, 6.45) is -1.34. The van der Waals surface area contributed by atoms with Gasteiger partial charge < -0.3 is 25.6 Å². The zero-order chi connectivity index (χ0) is 23.5. The third kappa shape index (κ3) is 4.92. The van der Waals surface area contributed by atoms with Crippen molar-refractivity contribution in [1.29, 1.82) is 0 Å². The summed E-state index contributed by atoms with van der Waals surface area (Å²) in [5.41, 5.74) is 0.217. The van der Waals surface area contributed by atoms with Crippen LogP contribution >= 0.6 is 0 Å². The summed E-state index contributed by atoms with van der Waals surface area (Å²) in [5.74, 6) is -0.831. The summed E-state index contributed by atoms with van der Waals surface area (Å²) in [5, 5.41) is 26.5. The lowest BCUT2D eigenvalue weighted by Gasteiger charge is -2.17. The Morgan fingerprint density at radius 3 is 2.67 bits per heavy atom. The molecule has 10 heteroatoms. The second kappa shape index (κ2) is 9.49. The van der Waals surface area contributed by atoms with Crippen molar-refractivity contribution in [2.45, 2.75) is 38.2 Å². The van der Waals surface area contributed by atoms with Crippen molar-refractivity contribution in [2.24, 2.45) is 0 Å². The molecule has 10 nitrogen and oxygen atoms in total. The van der Waals surface area contributed by atoms with Gasteiger partial charge in [-0.2, -0.15) is 4.98 Å². The first-order valence-corrected chi connectivity index (χ1v) is 10.5. The molecule has 33 heavy (non-hydrogen) atoms. The number of rotatable bonds is 6. The summed E-state index contributed by atoms with van der Waals surface area (Å²) < 4.78 is 6.71. The number of ether oxygens (including phenoxy) is 1. The molecule has 3 aromatic rings. The molecule has 4 rings (SSSR count). The lowest BCUT2D eigenvalue weighted by Crippen LogP contribution is -2.30. The summed E-state index contributed by atoms with van der Waals surface area (Å²) in [6.45, 7) is 0.875. The molecule has 1 aromatic heterocycles. The molecule has 2 heterocycles. The highest BCUT2D eigenvalue weighted by Gasteiger charge is 2.35. The van der Waals surface area contributed by atoms with E-state index in [1.807, 2.05) is 36.4 Å². The van der Waals surface area contributed by atoms with Crippen molar-refractivity contribution < 1.29 is 24.5 Å². The molecule has 1 aliphatic heterocycles. The first-order chi connectivity index (χ1) is 15.9. The maximum atomic E-state index is 12.9. The lowest BCUT2D eigenvalue weighted by molar-refractivity contribution is -0.116. The predicted molar refractivity (Wildman–Crippen MR) is 121 cm³/mol. The fraction of sp³-hybridized carbons (Fsp3) is 0.304. The van der Waals surface area contributed by atoms with E-state index in [2.05, 4.69) is 15.6 Å². The number of carbonyl (C=O) groups is 2. The van der Waals surface area contributed by atoms with Gasteiger partial charge in [0, 0.05) is 36.2 Å². The van der Waals surface area contributed by atoms with Crippen LogP contribution in [0.1, 0.15) is 25.1 Å². The van der Waals surface area contributed by atoms with E-state index in [4.69, 9.17) is 4.74 Å². The minimum absolute atomic E-state index is 0.0194. The van der Waals surface area contributed by atoms with Gasteiger partial charge in [0.2, 0.25) is 11.8 Å². The Kier molecular flexibility index (Phi) is 6.50. The number of aliphatic hydroxyl groups is 2. The van der Waals surface area contributed by atoms with Crippen molar-refractivity contribution in [3.05, 3.63) is 64.7 Å². The molecular formula is C23H24N4O6. The van der Waals surface area contributed by atoms with Gasteiger partial charge in [0.1, 0.15) is 18.1 Å². The molecule has 2 amide bonds. The van der Waals surface area contributed by atoms with Crippen molar-refractivity contribution >= 4 is 34.1 Å². The monoisotopic (exact) mass is 452 g/mol. The largest absolute Gasteiger partial charge is 0.394 e. The second-order valence-corrected chi connectivity index (χ2v) is 7.85. The van der Waals surface area contributed by atoms with Gasteiger partial charge in [0.15, 0.2) is 0 Å². The fourth-order valence-corrected chi connectivity index (χ4v) is 3.87. The Morgan fingerprint density at radius 2 is 1.94 bits per heavy atom. The van der Waals surface area contributed by atoms with Crippen LogP contribution in [0, 0.1) is 0 Å². The smallest absolute Gasteiger partial charge is 0.351 e. The summed E-state index contributed by atoms with van der Waals surface area (Å²) in [7, 11) is 0. The van der Waals surface area contributed by atoms with Gasteiger partial charge in [-0.25, -0.2) is 4.79 Å². The van der Waals surface area contributed by atoms with Crippen LogP contribution in [0.4, 0.5) is 11.5 Å². The number of nitrogens with zero attached hydrogens (tertiary/aromatic N) is 2. The molecule has 1 aliphatic rings. The average molecular weight is 452 g/mol. The van der Waals surface area contributed by atoms with E-state index in [1.54, 1.807) is 6.07 Å². The average Bonchev–Trinajstić information content (AvgIpc) is 3.15. The van der Waals surface area contributed by atoms with E-state index in [9.17, 15) is 24.6 Å². The van der Waals surface area contributed by atoms with Crippen LogP contribution in [0.25, 0.3) is 10.8 Å². The molecule has 0 bridgehead atoms. The topological polar surface area (TPSA) is 143 Å². The molecule has 3 atom stereocenters. The van der Waals surface area contributed by atoms with Gasteiger partial charge in [0.25, 0.3) is 0 Å². The summed E-state index contributed by atoms with van der Waals surface area (Å²) in [4.78, 5) is 41.0. The molecule has 1 saturated heterocycles. The number of amides is 2. The molecular weight excluding hydrogens is 428 g/mol. The number of aliphatic hydroxyl groups excluding tert-OH is 2. The molecule has 2 aromatic carbocycles. The van der Waals surface area contributed by atoms with Crippen LogP contribution in [0.5, 0.6) is 0 Å². The van der Waals surface area contributed by atoms with Gasteiger partial charge in [-0.1, -0.05) is 36.4 Å². The van der Waals surface area contributed by atoms with Crippen LogP contribution < -0.4 is 16.3 Å². The van der Waals surface area contributed by atoms with E-state index in [0.717, 1.165) is 15.3 Å². The number of anilines is 2. The third-order valence-electron chi connectivity index (χ3n) is 5.43. The molecule has 4 N–H and O–H groups in total. The number of hydrogen-bond acceptors (Lipinski definition) is 7. The van der Waals surface area contributed by atoms with Crippen molar-refractivity contribution in [3.63, 3.8) is 0 Å². The molecule has 0 saturated carbocycles. The first-order valence-electron chi connectivity index (χ1n) is 10.5. The zero-order valence-electron chi connectivity index (χ0n) is 17.9. The normalized spacial score (nSPS) is 20.0. The molecule has 0 aliphatic carbocycles. The molecule has 1 unspecified atom stereocenters. The van der Waals surface area contributed by atoms with E-state index in [-0.39, 0.29) is 24.6 Å². The van der Waals surface area contributed by atoms with Crippen LogP contribution in [0.3, 0.4) is 0 Å². The molecule has 0 spiro atoms. The van der Waals surface area contributed by atoms with E-state index < -0.39 is 36.6 Å². The highest BCUT2D eigenvalue weighted by atomic mass is 16.5. The minimum Gasteiger partial charge on any atom is -0.394 e. The predicted octanol–water partition coefficient (Wildman–Crippen LogP) is 1.18. The van der Waals surface area contributed by atoms with Gasteiger partial charge >= 0.3 is 5.69 Å². The highest BCUT2D eigenvalue weighted by molar-refractivity contribution is 6.03. The van der Waals surface area contributed by atoms with E-state index >= 15 is 0 Å². The number of carbonyl (C=O) groups excluding carboxylic acids is 2. The molecule has 0 radical (unpaired) electrons. The standard InChI is InChI=1S/C23H24N4O6/c1-13(29)24-22-15(11-27(23(32)26-22)21-10-18(30)19(12-28)33-21)9-20(31)25-17-8-4-6-14-5-2-3-7-16(14)17/h2-8,11,18-19,21,28,30H,9-10,12H2,1H3,(H,25,31)(H,24,26,29,32)/t18?,19-,21-/m1/s1.